The van der Waals surface area contributed by atoms with Crippen LogP contribution in [0.5, 0.6) is 0 Å². The van der Waals surface area contributed by atoms with Gasteiger partial charge in [-0.2, -0.15) is 4.98 Å². The standard InChI is InChI=1S/C14H17N3O.ClH/c1-2-10-3-5-11(6-4-10)13-16-14(18-17-13)12-7-8-15-9-12;/h3-6,12,15H,2,7-9H2,1H3;1H/t12-;/m1./s1. The molecule has 2 aromatic rings. The van der Waals surface area contributed by atoms with Gasteiger partial charge in [0, 0.05) is 12.1 Å². The summed E-state index contributed by atoms with van der Waals surface area (Å²) in [4.78, 5) is 4.50. The predicted octanol–water partition coefficient (Wildman–Crippen LogP) is 2.80. The maximum Gasteiger partial charge on any atom is 0.231 e. The van der Waals surface area contributed by atoms with Gasteiger partial charge in [0.2, 0.25) is 11.7 Å². The van der Waals surface area contributed by atoms with Crippen molar-refractivity contribution in [2.45, 2.75) is 25.7 Å². The summed E-state index contributed by atoms with van der Waals surface area (Å²) in [6.45, 7) is 4.12. The summed E-state index contributed by atoms with van der Waals surface area (Å²) in [6.07, 6.45) is 2.13. The van der Waals surface area contributed by atoms with E-state index in [1.165, 1.54) is 5.56 Å². The van der Waals surface area contributed by atoms with Crippen molar-refractivity contribution < 1.29 is 4.52 Å². The molecule has 1 atom stereocenters. The summed E-state index contributed by atoms with van der Waals surface area (Å²) in [6, 6.07) is 8.34. The molecule has 0 bridgehead atoms. The lowest BCUT2D eigenvalue weighted by Gasteiger charge is -1.99. The number of hydrogen-bond donors (Lipinski definition) is 1. The first kappa shape index (κ1) is 14.0. The molecule has 4 nitrogen and oxygen atoms in total. The first-order valence-electron chi connectivity index (χ1n) is 6.50. The molecular formula is C14H18ClN3O. The van der Waals surface area contributed by atoms with Crippen LogP contribution in [0.1, 0.15) is 30.7 Å². The van der Waals surface area contributed by atoms with Gasteiger partial charge in [-0.15, -0.1) is 12.4 Å². The molecule has 1 N–H and O–H groups in total. The average Bonchev–Trinajstić information content (AvgIpc) is 3.09. The van der Waals surface area contributed by atoms with E-state index in [-0.39, 0.29) is 12.4 Å². The first-order valence-corrected chi connectivity index (χ1v) is 6.50. The highest BCUT2D eigenvalue weighted by Crippen LogP contribution is 2.23. The Morgan fingerprint density at radius 1 is 1.32 bits per heavy atom. The van der Waals surface area contributed by atoms with E-state index in [9.17, 15) is 0 Å². The third-order valence-corrected chi connectivity index (χ3v) is 3.47. The van der Waals surface area contributed by atoms with Crippen LogP contribution in [-0.2, 0) is 6.42 Å². The molecule has 0 radical (unpaired) electrons. The Labute approximate surface area is 119 Å². The van der Waals surface area contributed by atoms with Crippen LogP contribution in [0.25, 0.3) is 11.4 Å². The fraction of sp³-hybridized carbons (Fsp3) is 0.429. The van der Waals surface area contributed by atoms with Gasteiger partial charge >= 0.3 is 0 Å². The van der Waals surface area contributed by atoms with Crippen LogP contribution in [0.15, 0.2) is 28.8 Å². The Balaban J connectivity index is 0.00000133. The van der Waals surface area contributed by atoms with E-state index in [1.54, 1.807) is 0 Å². The minimum absolute atomic E-state index is 0. The maximum atomic E-state index is 5.36. The molecule has 102 valence electrons. The van der Waals surface area contributed by atoms with Crippen LogP contribution in [0.3, 0.4) is 0 Å². The van der Waals surface area contributed by atoms with E-state index in [4.69, 9.17) is 4.52 Å². The van der Waals surface area contributed by atoms with Gasteiger partial charge in [0.05, 0.1) is 5.92 Å². The Morgan fingerprint density at radius 2 is 2.11 bits per heavy atom. The number of aryl methyl sites for hydroxylation is 1. The average molecular weight is 280 g/mol. The van der Waals surface area contributed by atoms with Crippen LogP contribution in [-0.4, -0.2) is 23.2 Å². The third kappa shape index (κ3) is 2.96. The maximum absolute atomic E-state index is 5.36. The van der Waals surface area contributed by atoms with Gasteiger partial charge in [0.15, 0.2) is 0 Å². The summed E-state index contributed by atoms with van der Waals surface area (Å²) >= 11 is 0. The molecule has 0 unspecified atom stereocenters. The van der Waals surface area contributed by atoms with Gasteiger partial charge in [0.25, 0.3) is 0 Å². The predicted molar refractivity (Wildman–Crippen MR) is 76.6 cm³/mol. The van der Waals surface area contributed by atoms with Crippen molar-refractivity contribution in [3.05, 3.63) is 35.7 Å². The minimum atomic E-state index is 0. The van der Waals surface area contributed by atoms with Crippen molar-refractivity contribution in [3.8, 4) is 11.4 Å². The Bertz CT molecular complexity index is 518. The second kappa shape index (κ2) is 6.17. The molecule has 1 aromatic carbocycles. The monoisotopic (exact) mass is 279 g/mol. The van der Waals surface area contributed by atoms with Crippen molar-refractivity contribution >= 4 is 12.4 Å². The van der Waals surface area contributed by atoms with Gasteiger partial charge in [-0.25, -0.2) is 0 Å². The van der Waals surface area contributed by atoms with Crippen LogP contribution >= 0.6 is 12.4 Å². The number of nitrogens with zero attached hydrogens (tertiary/aromatic N) is 2. The molecule has 0 saturated carbocycles. The smallest absolute Gasteiger partial charge is 0.231 e. The number of halogens is 1. The molecule has 1 aliphatic rings. The number of nitrogens with one attached hydrogen (secondary N) is 1. The van der Waals surface area contributed by atoms with E-state index >= 15 is 0 Å². The molecule has 0 aliphatic carbocycles. The van der Waals surface area contributed by atoms with Gasteiger partial charge in [-0.05, 0) is 24.9 Å². The van der Waals surface area contributed by atoms with Gasteiger partial charge in [0.1, 0.15) is 0 Å². The van der Waals surface area contributed by atoms with E-state index in [0.717, 1.165) is 37.4 Å². The zero-order valence-corrected chi connectivity index (χ0v) is 11.7. The molecule has 1 fully saturated rings. The normalized spacial score (nSPS) is 18.3. The minimum Gasteiger partial charge on any atom is -0.339 e. The largest absolute Gasteiger partial charge is 0.339 e. The molecule has 2 heterocycles. The van der Waals surface area contributed by atoms with Crippen LogP contribution < -0.4 is 5.32 Å². The lowest BCUT2D eigenvalue weighted by atomic mass is 10.1. The zero-order valence-electron chi connectivity index (χ0n) is 10.9. The second-order valence-electron chi connectivity index (χ2n) is 4.70. The molecule has 5 heteroatoms. The number of aromatic nitrogens is 2. The molecule has 0 spiro atoms. The van der Waals surface area contributed by atoms with E-state index < -0.39 is 0 Å². The highest BCUT2D eigenvalue weighted by atomic mass is 35.5. The van der Waals surface area contributed by atoms with Crippen molar-refractivity contribution in [1.82, 2.24) is 15.5 Å². The fourth-order valence-corrected chi connectivity index (χ4v) is 2.27. The molecule has 0 amide bonds. The highest BCUT2D eigenvalue weighted by molar-refractivity contribution is 5.85. The van der Waals surface area contributed by atoms with Crippen LogP contribution in [0.4, 0.5) is 0 Å². The number of hydrogen-bond acceptors (Lipinski definition) is 4. The van der Waals surface area contributed by atoms with E-state index in [2.05, 4.69) is 46.6 Å². The molecule has 19 heavy (non-hydrogen) atoms. The Kier molecular flexibility index (Phi) is 4.56. The highest BCUT2D eigenvalue weighted by Gasteiger charge is 2.22. The van der Waals surface area contributed by atoms with Crippen molar-refractivity contribution in [2.75, 3.05) is 13.1 Å². The lowest BCUT2D eigenvalue weighted by Crippen LogP contribution is -2.08. The molecular weight excluding hydrogens is 262 g/mol. The Morgan fingerprint density at radius 3 is 2.74 bits per heavy atom. The number of rotatable bonds is 3. The summed E-state index contributed by atoms with van der Waals surface area (Å²) < 4.78 is 5.36. The van der Waals surface area contributed by atoms with Crippen LogP contribution in [0.2, 0.25) is 0 Å². The molecule has 1 saturated heterocycles. The second-order valence-corrected chi connectivity index (χ2v) is 4.70. The van der Waals surface area contributed by atoms with Gasteiger partial charge < -0.3 is 9.84 Å². The fourth-order valence-electron chi connectivity index (χ4n) is 2.27. The van der Waals surface area contributed by atoms with Gasteiger partial charge in [-0.1, -0.05) is 36.3 Å². The Hall–Kier alpha value is -1.39. The molecule has 3 rings (SSSR count). The summed E-state index contributed by atoms with van der Waals surface area (Å²) in [5.74, 6) is 1.83. The van der Waals surface area contributed by atoms with Crippen molar-refractivity contribution in [1.29, 1.82) is 0 Å². The molecule has 1 aliphatic heterocycles. The SMILES string of the molecule is CCc1ccc(-c2noc([C@@H]3CCNC3)n2)cc1.Cl. The summed E-state index contributed by atoms with van der Waals surface area (Å²) in [5, 5.41) is 7.38. The third-order valence-electron chi connectivity index (χ3n) is 3.47. The van der Waals surface area contributed by atoms with Crippen molar-refractivity contribution in [2.24, 2.45) is 0 Å². The zero-order chi connectivity index (χ0) is 12.4. The van der Waals surface area contributed by atoms with E-state index in [1.807, 2.05) is 0 Å². The topological polar surface area (TPSA) is 51.0 Å². The van der Waals surface area contributed by atoms with E-state index in [0.29, 0.717) is 11.7 Å². The summed E-state index contributed by atoms with van der Waals surface area (Å²) in [5.41, 5.74) is 2.34. The first-order chi connectivity index (χ1) is 8.86. The number of benzene rings is 1. The summed E-state index contributed by atoms with van der Waals surface area (Å²) in [7, 11) is 0. The quantitative estimate of drug-likeness (QED) is 0.939. The molecule has 1 aromatic heterocycles. The van der Waals surface area contributed by atoms with Crippen molar-refractivity contribution in [3.63, 3.8) is 0 Å². The lowest BCUT2D eigenvalue weighted by molar-refractivity contribution is 0.359. The van der Waals surface area contributed by atoms with Crippen LogP contribution in [0, 0.1) is 0 Å². The van der Waals surface area contributed by atoms with Gasteiger partial charge in [-0.3, -0.25) is 0 Å².